The van der Waals surface area contributed by atoms with E-state index in [0.717, 1.165) is 0 Å². The lowest BCUT2D eigenvalue weighted by molar-refractivity contribution is 0.101. The number of aryl methyl sites for hydroxylation is 1. The quantitative estimate of drug-likeness (QED) is 0.745. The van der Waals surface area contributed by atoms with E-state index in [4.69, 9.17) is 17.3 Å². The van der Waals surface area contributed by atoms with Gasteiger partial charge >= 0.3 is 0 Å². The van der Waals surface area contributed by atoms with Crippen LogP contribution in [0.4, 0.5) is 16.0 Å². The van der Waals surface area contributed by atoms with Gasteiger partial charge in [0.25, 0.3) is 5.91 Å². The number of rotatable bonds is 4. The maximum Gasteiger partial charge on any atom is 0.275 e. The van der Waals surface area contributed by atoms with Crippen molar-refractivity contribution in [2.24, 2.45) is 0 Å². The van der Waals surface area contributed by atoms with Gasteiger partial charge in [-0.3, -0.25) is 9.48 Å². The molecule has 0 aliphatic carbocycles. The van der Waals surface area contributed by atoms with Crippen molar-refractivity contribution in [1.29, 1.82) is 0 Å². The summed E-state index contributed by atoms with van der Waals surface area (Å²) >= 11 is 6.10. The number of amides is 1. The first-order valence-electron chi connectivity index (χ1n) is 7.54. The molecule has 0 spiro atoms. The molecule has 0 fully saturated rings. The van der Waals surface area contributed by atoms with Gasteiger partial charge < -0.3 is 11.1 Å². The van der Waals surface area contributed by atoms with E-state index in [1.165, 1.54) is 18.2 Å². The van der Waals surface area contributed by atoms with Crippen molar-refractivity contribution < 1.29 is 9.18 Å². The first-order chi connectivity index (χ1) is 12.0. The summed E-state index contributed by atoms with van der Waals surface area (Å²) in [6, 6.07) is 8.83. The zero-order chi connectivity index (χ0) is 18.0. The average Bonchev–Trinajstić information content (AvgIpc) is 3.06. The molecule has 3 aromatic rings. The van der Waals surface area contributed by atoms with Gasteiger partial charge in [0.15, 0.2) is 0 Å². The van der Waals surface area contributed by atoms with Crippen LogP contribution in [-0.4, -0.2) is 20.7 Å². The molecule has 2 aromatic heterocycles. The third kappa shape index (κ3) is 3.46. The Labute approximate surface area is 148 Å². The van der Waals surface area contributed by atoms with Crippen LogP contribution in [0, 0.1) is 5.82 Å². The highest BCUT2D eigenvalue weighted by Gasteiger charge is 2.14. The summed E-state index contributed by atoms with van der Waals surface area (Å²) in [5, 5.41) is 7.07. The Morgan fingerprint density at radius 2 is 2.08 bits per heavy atom. The minimum absolute atomic E-state index is 0.134. The molecular weight excluding hydrogens is 345 g/mol. The van der Waals surface area contributed by atoms with Crippen LogP contribution < -0.4 is 11.1 Å². The van der Waals surface area contributed by atoms with E-state index in [0.29, 0.717) is 28.4 Å². The highest BCUT2D eigenvalue weighted by atomic mass is 35.5. The average molecular weight is 360 g/mol. The first-order valence-corrected chi connectivity index (χ1v) is 7.92. The lowest BCUT2D eigenvalue weighted by Crippen LogP contribution is -2.18. The number of anilines is 2. The van der Waals surface area contributed by atoms with Crippen LogP contribution in [0.25, 0.3) is 11.1 Å². The van der Waals surface area contributed by atoms with Gasteiger partial charge in [0, 0.05) is 28.9 Å². The second-order valence-electron chi connectivity index (χ2n) is 5.24. The highest BCUT2D eigenvalue weighted by molar-refractivity contribution is 6.33. The molecule has 1 amide bonds. The summed E-state index contributed by atoms with van der Waals surface area (Å²) in [7, 11) is 0. The molecule has 1 aromatic carbocycles. The van der Waals surface area contributed by atoms with Gasteiger partial charge in [0.05, 0.1) is 0 Å². The van der Waals surface area contributed by atoms with Crippen molar-refractivity contribution >= 4 is 29.1 Å². The molecule has 0 saturated heterocycles. The monoisotopic (exact) mass is 359 g/mol. The van der Waals surface area contributed by atoms with Gasteiger partial charge in [0.2, 0.25) is 0 Å². The number of benzene rings is 1. The highest BCUT2D eigenvalue weighted by Crippen LogP contribution is 2.32. The van der Waals surface area contributed by atoms with E-state index in [1.807, 2.05) is 6.92 Å². The molecule has 0 aliphatic heterocycles. The normalized spacial score (nSPS) is 10.7. The first kappa shape index (κ1) is 16.9. The van der Waals surface area contributed by atoms with Crippen molar-refractivity contribution in [3.05, 3.63) is 59.1 Å². The maximum atomic E-state index is 13.5. The Morgan fingerprint density at radius 3 is 2.80 bits per heavy atom. The number of hydrogen-bond acceptors (Lipinski definition) is 4. The number of nitrogens with two attached hydrogens (primary N) is 1. The Morgan fingerprint density at radius 1 is 1.28 bits per heavy atom. The largest absolute Gasteiger partial charge is 0.383 e. The topological polar surface area (TPSA) is 85.8 Å². The number of carbonyl (C=O) groups is 1. The second-order valence-corrected chi connectivity index (χ2v) is 5.65. The van der Waals surface area contributed by atoms with Crippen molar-refractivity contribution in [3.8, 4) is 11.1 Å². The molecule has 25 heavy (non-hydrogen) atoms. The van der Waals surface area contributed by atoms with Gasteiger partial charge in [-0.25, -0.2) is 9.37 Å². The number of aromatic nitrogens is 3. The number of nitrogen functional groups attached to an aromatic ring is 1. The third-order valence-electron chi connectivity index (χ3n) is 3.63. The number of carbonyl (C=O) groups excluding carboxylic acids is 1. The minimum atomic E-state index is -0.427. The van der Waals surface area contributed by atoms with E-state index >= 15 is 0 Å². The zero-order valence-corrected chi connectivity index (χ0v) is 14.1. The van der Waals surface area contributed by atoms with Gasteiger partial charge in [-0.15, -0.1) is 0 Å². The van der Waals surface area contributed by atoms with Crippen LogP contribution in [0.5, 0.6) is 0 Å². The summed E-state index contributed by atoms with van der Waals surface area (Å²) < 4.78 is 15.0. The Hall–Kier alpha value is -2.93. The molecule has 0 unspecified atom stereocenters. The molecular formula is C17H15ClFN5O. The number of pyridine rings is 1. The van der Waals surface area contributed by atoms with Gasteiger partial charge in [-0.2, -0.15) is 5.10 Å². The number of nitrogens with zero attached hydrogens (tertiary/aromatic N) is 3. The summed E-state index contributed by atoms with van der Waals surface area (Å²) in [6.45, 7) is 2.46. The minimum Gasteiger partial charge on any atom is -0.383 e. The van der Waals surface area contributed by atoms with Crippen LogP contribution in [-0.2, 0) is 6.54 Å². The molecule has 3 rings (SSSR count). The van der Waals surface area contributed by atoms with Crippen molar-refractivity contribution in [2.45, 2.75) is 13.5 Å². The lowest BCUT2D eigenvalue weighted by atomic mass is 10.1. The van der Waals surface area contributed by atoms with Gasteiger partial charge in [-0.05, 0) is 43.3 Å². The van der Waals surface area contributed by atoms with Crippen molar-refractivity contribution in [2.75, 3.05) is 11.1 Å². The summed E-state index contributed by atoms with van der Waals surface area (Å²) in [6.07, 6.45) is 1.55. The maximum absolute atomic E-state index is 13.5. The second kappa shape index (κ2) is 6.90. The molecule has 0 atom stereocenters. The summed E-state index contributed by atoms with van der Waals surface area (Å²) in [5.41, 5.74) is 7.30. The molecule has 8 heteroatoms. The molecule has 0 aliphatic rings. The fourth-order valence-electron chi connectivity index (χ4n) is 2.43. The SMILES string of the molecule is CCn1nccc1C(=O)Nc1ccc(-c2cc(F)ccc2Cl)c(N)n1. The van der Waals surface area contributed by atoms with Crippen molar-refractivity contribution in [1.82, 2.24) is 14.8 Å². The standard InChI is InChI=1S/C17H15ClFN5O/c1-2-24-14(7-8-21-24)17(25)23-15-6-4-11(16(20)22-15)12-9-10(19)3-5-13(12)18/h3-9H,2H2,1H3,(H3,20,22,23,25). The number of halogens is 2. The smallest absolute Gasteiger partial charge is 0.275 e. The Bertz CT molecular complexity index is 941. The lowest BCUT2D eigenvalue weighted by Gasteiger charge is -2.10. The molecule has 0 radical (unpaired) electrons. The fourth-order valence-corrected chi connectivity index (χ4v) is 2.65. The molecule has 6 nitrogen and oxygen atoms in total. The number of nitrogens with one attached hydrogen (secondary N) is 1. The van der Waals surface area contributed by atoms with Crippen molar-refractivity contribution in [3.63, 3.8) is 0 Å². The molecule has 3 N–H and O–H groups in total. The Balaban J connectivity index is 1.87. The van der Waals surface area contributed by atoms with Crippen LogP contribution in [0.2, 0.25) is 5.02 Å². The van der Waals surface area contributed by atoms with Gasteiger partial charge in [0.1, 0.15) is 23.1 Å². The third-order valence-corrected chi connectivity index (χ3v) is 3.96. The predicted molar refractivity (Wildman–Crippen MR) is 94.9 cm³/mol. The van der Waals surface area contributed by atoms with E-state index in [2.05, 4.69) is 15.4 Å². The predicted octanol–water partition coefficient (Wildman–Crippen LogP) is 3.59. The van der Waals surface area contributed by atoms with Crippen LogP contribution in [0.1, 0.15) is 17.4 Å². The van der Waals surface area contributed by atoms with Gasteiger partial charge in [-0.1, -0.05) is 11.6 Å². The van der Waals surface area contributed by atoms with E-state index in [1.54, 1.807) is 29.1 Å². The molecule has 128 valence electrons. The van der Waals surface area contributed by atoms with E-state index in [-0.39, 0.29) is 17.5 Å². The van der Waals surface area contributed by atoms with Crippen LogP contribution in [0.3, 0.4) is 0 Å². The van der Waals surface area contributed by atoms with E-state index < -0.39 is 5.82 Å². The number of hydrogen-bond donors (Lipinski definition) is 2. The van der Waals surface area contributed by atoms with E-state index in [9.17, 15) is 9.18 Å². The zero-order valence-electron chi connectivity index (χ0n) is 13.3. The molecule has 0 saturated carbocycles. The fraction of sp³-hybridized carbons (Fsp3) is 0.118. The Kier molecular flexibility index (Phi) is 4.67. The molecule has 0 bridgehead atoms. The van der Waals surface area contributed by atoms with Crippen LogP contribution in [0.15, 0.2) is 42.6 Å². The van der Waals surface area contributed by atoms with Crippen LogP contribution >= 0.6 is 11.6 Å². The molecule has 2 heterocycles. The summed E-state index contributed by atoms with van der Waals surface area (Å²) in [4.78, 5) is 16.5. The summed E-state index contributed by atoms with van der Waals surface area (Å²) in [5.74, 6) is -0.358.